The SMILES string of the molecule is Cc1cnc(CN2CC(=O)N(C)CC2=O)c(C)c1N. The minimum absolute atomic E-state index is 0.0580. The van der Waals surface area contributed by atoms with Gasteiger partial charge in [-0.15, -0.1) is 0 Å². The smallest absolute Gasteiger partial charge is 0.243 e. The first kappa shape index (κ1) is 13.3. The lowest BCUT2D eigenvalue weighted by Gasteiger charge is -2.31. The van der Waals surface area contributed by atoms with Crippen LogP contribution in [0.25, 0.3) is 0 Å². The molecular formula is C13H18N4O2. The molecule has 0 bridgehead atoms. The summed E-state index contributed by atoms with van der Waals surface area (Å²) in [7, 11) is 1.63. The van der Waals surface area contributed by atoms with E-state index in [1.165, 1.54) is 9.80 Å². The minimum Gasteiger partial charge on any atom is -0.398 e. The zero-order valence-electron chi connectivity index (χ0n) is 11.4. The van der Waals surface area contributed by atoms with E-state index in [9.17, 15) is 9.59 Å². The normalized spacial score (nSPS) is 16.2. The fourth-order valence-corrected chi connectivity index (χ4v) is 2.04. The third kappa shape index (κ3) is 2.52. The van der Waals surface area contributed by atoms with E-state index in [4.69, 9.17) is 5.73 Å². The zero-order chi connectivity index (χ0) is 14.2. The summed E-state index contributed by atoms with van der Waals surface area (Å²) in [5.41, 5.74) is 9.18. The molecule has 0 unspecified atom stereocenters. The van der Waals surface area contributed by atoms with Crippen LogP contribution in [0.3, 0.4) is 0 Å². The molecule has 1 aliphatic rings. The Balaban J connectivity index is 2.20. The second kappa shape index (κ2) is 4.87. The van der Waals surface area contributed by atoms with Crippen molar-refractivity contribution in [3.8, 4) is 0 Å². The molecule has 1 fully saturated rings. The van der Waals surface area contributed by atoms with Gasteiger partial charge in [0.15, 0.2) is 0 Å². The number of carbonyl (C=O) groups excluding carboxylic acids is 2. The molecule has 2 N–H and O–H groups in total. The number of aromatic nitrogens is 1. The van der Waals surface area contributed by atoms with Crippen molar-refractivity contribution in [1.82, 2.24) is 14.8 Å². The van der Waals surface area contributed by atoms with Crippen LogP contribution in [0.5, 0.6) is 0 Å². The van der Waals surface area contributed by atoms with Crippen LogP contribution in [0.2, 0.25) is 0 Å². The molecule has 1 aromatic rings. The second-order valence-corrected chi connectivity index (χ2v) is 4.93. The van der Waals surface area contributed by atoms with Crippen molar-refractivity contribution >= 4 is 17.5 Å². The standard InChI is InChI=1S/C13H18N4O2/c1-8-4-15-10(9(2)13(8)14)5-17-7-11(18)16(3)6-12(17)19/h4H,5-7H2,1-3H3,(H2,14,15). The van der Waals surface area contributed by atoms with Gasteiger partial charge in [-0.2, -0.15) is 0 Å². The van der Waals surface area contributed by atoms with E-state index in [0.29, 0.717) is 12.2 Å². The molecule has 6 nitrogen and oxygen atoms in total. The Morgan fingerprint density at radius 2 is 1.95 bits per heavy atom. The molecule has 0 atom stereocenters. The van der Waals surface area contributed by atoms with Crippen molar-refractivity contribution in [3.63, 3.8) is 0 Å². The first-order chi connectivity index (χ1) is 8.90. The second-order valence-electron chi connectivity index (χ2n) is 4.93. The van der Waals surface area contributed by atoms with Gasteiger partial charge in [-0.1, -0.05) is 0 Å². The van der Waals surface area contributed by atoms with E-state index < -0.39 is 0 Å². The van der Waals surface area contributed by atoms with Crippen LogP contribution in [0.15, 0.2) is 6.20 Å². The summed E-state index contributed by atoms with van der Waals surface area (Å²) in [6.45, 7) is 4.33. The van der Waals surface area contributed by atoms with Crippen molar-refractivity contribution in [3.05, 3.63) is 23.0 Å². The number of rotatable bonds is 2. The Labute approximate surface area is 112 Å². The lowest BCUT2D eigenvalue weighted by atomic mass is 10.1. The van der Waals surface area contributed by atoms with Crippen molar-refractivity contribution < 1.29 is 9.59 Å². The number of pyridine rings is 1. The van der Waals surface area contributed by atoms with Gasteiger partial charge in [0, 0.05) is 18.9 Å². The van der Waals surface area contributed by atoms with Crippen LogP contribution in [-0.4, -0.2) is 46.7 Å². The summed E-state index contributed by atoms with van der Waals surface area (Å²) in [5.74, 6) is -0.125. The minimum atomic E-state index is -0.0672. The van der Waals surface area contributed by atoms with Gasteiger partial charge in [0.05, 0.1) is 18.8 Å². The van der Waals surface area contributed by atoms with Crippen LogP contribution in [0.4, 0.5) is 5.69 Å². The zero-order valence-corrected chi connectivity index (χ0v) is 11.4. The molecule has 2 rings (SSSR count). The largest absolute Gasteiger partial charge is 0.398 e. The van der Waals surface area contributed by atoms with Crippen LogP contribution in [0, 0.1) is 13.8 Å². The molecule has 0 aliphatic carbocycles. The van der Waals surface area contributed by atoms with Gasteiger partial charge in [0.25, 0.3) is 0 Å². The summed E-state index contributed by atoms with van der Waals surface area (Å²) in [6, 6.07) is 0. The summed E-state index contributed by atoms with van der Waals surface area (Å²) < 4.78 is 0. The van der Waals surface area contributed by atoms with Crippen molar-refractivity contribution in [1.29, 1.82) is 0 Å². The van der Waals surface area contributed by atoms with Gasteiger partial charge in [-0.25, -0.2) is 0 Å². The van der Waals surface area contributed by atoms with E-state index >= 15 is 0 Å². The highest BCUT2D eigenvalue weighted by Crippen LogP contribution is 2.19. The first-order valence-electron chi connectivity index (χ1n) is 6.12. The lowest BCUT2D eigenvalue weighted by Crippen LogP contribution is -2.51. The molecule has 6 heteroatoms. The van der Waals surface area contributed by atoms with Crippen molar-refractivity contribution in [2.45, 2.75) is 20.4 Å². The first-order valence-corrected chi connectivity index (χ1v) is 6.12. The molecule has 19 heavy (non-hydrogen) atoms. The van der Waals surface area contributed by atoms with Crippen LogP contribution in [-0.2, 0) is 16.1 Å². The fourth-order valence-electron chi connectivity index (χ4n) is 2.04. The summed E-state index contributed by atoms with van der Waals surface area (Å²) in [6.07, 6.45) is 1.69. The van der Waals surface area contributed by atoms with E-state index in [1.54, 1.807) is 13.2 Å². The van der Waals surface area contributed by atoms with E-state index in [-0.39, 0.29) is 24.9 Å². The number of hydrogen-bond acceptors (Lipinski definition) is 4. The maximum absolute atomic E-state index is 11.9. The Morgan fingerprint density at radius 1 is 1.26 bits per heavy atom. The van der Waals surface area contributed by atoms with Gasteiger partial charge in [0.1, 0.15) is 6.54 Å². The molecule has 0 aromatic carbocycles. The number of anilines is 1. The third-order valence-electron chi connectivity index (χ3n) is 3.49. The topological polar surface area (TPSA) is 79.5 Å². The van der Waals surface area contributed by atoms with Crippen LogP contribution in [0.1, 0.15) is 16.8 Å². The quantitative estimate of drug-likeness (QED) is 0.818. The maximum atomic E-state index is 11.9. The Hall–Kier alpha value is -2.11. The number of likely N-dealkylation sites (N-methyl/N-ethyl adjacent to an activating group) is 1. The van der Waals surface area contributed by atoms with E-state index in [1.807, 2.05) is 13.8 Å². The molecule has 2 amide bonds. The van der Waals surface area contributed by atoms with Gasteiger partial charge < -0.3 is 15.5 Å². The summed E-state index contributed by atoms with van der Waals surface area (Å²) in [4.78, 5) is 30.8. The number of hydrogen-bond donors (Lipinski definition) is 1. The van der Waals surface area contributed by atoms with Gasteiger partial charge in [-0.05, 0) is 25.0 Å². The fraction of sp³-hybridized carbons (Fsp3) is 0.462. The Kier molecular flexibility index (Phi) is 3.42. The lowest BCUT2D eigenvalue weighted by molar-refractivity contribution is -0.149. The highest BCUT2D eigenvalue weighted by Gasteiger charge is 2.28. The van der Waals surface area contributed by atoms with Crippen molar-refractivity contribution in [2.24, 2.45) is 0 Å². The maximum Gasteiger partial charge on any atom is 0.243 e. The number of carbonyl (C=O) groups is 2. The molecule has 0 saturated carbocycles. The van der Waals surface area contributed by atoms with E-state index in [0.717, 1.165) is 16.8 Å². The number of piperazine rings is 1. The molecule has 2 heterocycles. The molecule has 1 aliphatic heterocycles. The van der Waals surface area contributed by atoms with Gasteiger partial charge in [-0.3, -0.25) is 14.6 Å². The molecule has 0 radical (unpaired) electrons. The number of nitrogen functional groups attached to an aromatic ring is 1. The van der Waals surface area contributed by atoms with Crippen LogP contribution < -0.4 is 5.73 Å². The van der Waals surface area contributed by atoms with Crippen LogP contribution >= 0.6 is 0 Å². The summed E-state index contributed by atoms with van der Waals surface area (Å²) >= 11 is 0. The van der Waals surface area contributed by atoms with Gasteiger partial charge >= 0.3 is 0 Å². The van der Waals surface area contributed by atoms with E-state index in [2.05, 4.69) is 4.98 Å². The average Bonchev–Trinajstić information content (AvgIpc) is 2.36. The number of amides is 2. The monoisotopic (exact) mass is 262 g/mol. The Bertz CT molecular complexity index is 542. The van der Waals surface area contributed by atoms with Gasteiger partial charge in [0.2, 0.25) is 11.8 Å². The molecule has 1 aromatic heterocycles. The Morgan fingerprint density at radius 3 is 2.63 bits per heavy atom. The predicted molar refractivity (Wildman–Crippen MR) is 71.2 cm³/mol. The number of aryl methyl sites for hydroxylation is 1. The molecule has 0 spiro atoms. The number of nitrogens with two attached hydrogens (primary N) is 1. The molecule has 102 valence electrons. The predicted octanol–water partition coefficient (Wildman–Crippen LogP) is 0.0812. The highest BCUT2D eigenvalue weighted by atomic mass is 16.2. The summed E-state index contributed by atoms with van der Waals surface area (Å²) in [5, 5.41) is 0. The number of nitrogens with zero attached hydrogens (tertiary/aromatic N) is 3. The average molecular weight is 262 g/mol. The highest BCUT2D eigenvalue weighted by molar-refractivity contribution is 5.92. The molecule has 1 saturated heterocycles. The molecular weight excluding hydrogens is 244 g/mol. The van der Waals surface area contributed by atoms with Crippen molar-refractivity contribution in [2.75, 3.05) is 25.9 Å². The third-order valence-corrected chi connectivity index (χ3v) is 3.49.